The summed E-state index contributed by atoms with van der Waals surface area (Å²) in [7, 11) is 1.53. The summed E-state index contributed by atoms with van der Waals surface area (Å²) in [4.78, 5) is 56.0. The predicted octanol–water partition coefficient (Wildman–Crippen LogP) is 2.23. The summed E-state index contributed by atoms with van der Waals surface area (Å²) in [5, 5.41) is 8.06. The van der Waals surface area contributed by atoms with E-state index in [-0.39, 0.29) is 18.5 Å². The highest BCUT2D eigenvalue weighted by Crippen LogP contribution is 2.42. The molecule has 6 amide bonds. The molecule has 1 saturated heterocycles. The Morgan fingerprint density at radius 3 is 2.83 bits per heavy atom. The number of thiophene rings is 1. The second-order valence-corrected chi connectivity index (χ2v) is 10.3. The Labute approximate surface area is 206 Å². The Balaban J connectivity index is 1.33. The second kappa shape index (κ2) is 8.56. The number of benzene rings is 1. The third-order valence-electron chi connectivity index (χ3n) is 6.98. The Bertz CT molecular complexity index is 1260. The fourth-order valence-corrected chi connectivity index (χ4v) is 6.14. The first kappa shape index (κ1) is 23.2. The van der Waals surface area contributed by atoms with Crippen LogP contribution in [0.25, 0.3) is 0 Å². The lowest BCUT2D eigenvalue weighted by Crippen LogP contribution is -2.45. The van der Waals surface area contributed by atoms with Gasteiger partial charge >= 0.3 is 12.1 Å². The molecule has 184 valence electrons. The van der Waals surface area contributed by atoms with Crippen molar-refractivity contribution in [1.29, 1.82) is 0 Å². The van der Waals surface area contributed by atoms with Crippen molar-refractivity contribution in [2.45, 2.75) is 38.8 Å². The average Bonchev–Trinajstić information content (AvgIpc) is 3.33. The Hall–Kier alpha value is -3.60. The molecule has 3 N–H and O–H groups in total. The van der Waals surface area contributed by atoms with Gasteiger partial charge in [-0.05, 0) is 49.9 Å². The monoisotopic (exact) mass is 497 g/mol. The topological polar surface area (TPSA) is 120 Å². The molecule has 1 atom stereocenters. The molecule has 0 saturated carbocycles. The molecule has 11 heteroatoms. The summed E-state index contributed by atoms with van der Waals surface area (Å²) in [5.74, 6) is 0.120. The Morgan fingerprint density at radius 2 is 2.06 bits per heavy atom. The minimum Gasteiger partial charge on any atom is -0.490 e. The number of ether oxygens (including phenoxy) is 1. The zero-order valence-corrected chi connectivity index (χ0v) is 20.6. The lowest BCUT2D eigenvalue weighted by molar-refractivity contribution is -0.139. The first-order valence-corrected chi connectivity index (χ1v) is 12.3. The van der Waals surface area contributed by atoms with Crippen molar-refractivity contribution in [3.8, 4) is 5.75 Å². The zero-order valence-electron chi connectivity index (χ0n) is 19.8. The third-order valence-corrected chi connectivity index (χ3v) is 8.15. The molecule has 0 radical (unpaired) electrons. The van der Waals surface area contributed by atoms with Crippen LogP contribution in [-0.2, 0) is 28.1 Å². The Kier molecular flexibility index (Phi) is 5.66. The van der Waals surface area contributed by atoms with Crippen molar-refractivity contribution in [3.05, 3.63) is 44.6 Å². The van der Waals surface area contributed by atoms with Crippen molar-refractivity contribution in [2.75, 3.05) is 32.1 Å². The predicted molar refractivity (Wildman–Crippen MR) is 129 cm³/mol. The highest BCUT2D eigenvalue weighted by Gasteiger charge is 2.55. The number of urea groups is 2. The number of aryl methyl sites for hydroxylation is 2. The van der Waals surface area contributed by atoms with Gasteiger partial charge in [0.05, 0.1) is 18.0 Å². The average molecular weight is 498 g/mol. The quantitative estimate of drug-likeness (QED) is 0.562. The molecule has 2 aliphatic heterocycles. The van der Waals surface area contributed by atoms with Crippen LogP contribution in [0.15, 0.2) is 18.2 Å². The smallest absolute Gasteiger partial charge is 0.325 e. The molecule has 2 aromatic rings. The van der Waals surface area contributed by atoms with E-state index >= 15 is 0 Å². The summed E-state index contributed by atoms with van der Waals surface area (Å²) in [5.41, 5.74) is 2.08. The molecule has 35 heavy (non-hydrogen) atoms. The molecule has 1 aromatic carbocycles. The SMILES string of the molecule is CNC(=O)Nc1ccc2c(c1)CC[C@]21NC(=O)N(CC(=O)N2CCOc3c(sc(C)c3C)C2)C1=O. The number of carbonyl (C=O) groups excluding carboxylic acids is 4. The van der Waals surface area contributed by atoms with Gasteiger partial charge in [0.25, 0.3) is 5.91 Å². The number of imide groups is 1. The summed E-state index contributed by atoms with van der Waals surface area (Å²) in [6.45, 7) is 4.85. The minimum absolute atomic E-state index is 0.297. The lowest BCUT2D eigenvalue weighted by atomic mass is 9.91. The van der Waals surface area contributed by atoms with Gasteiger partial charge in [0.1, 0.15) is 24.4 Å². The van der Waals surface area contributed by atoms with E-state index < -0.39 is 17.5 Å². The molecular weight excluding hydrogens is 470 g/mol. The van der Waals surface area contributed by atoms with Gasteiger partial charge in [0.2, 0.25) is 5.91 Å². The third kappa shape index (κ3) is 3.79. The van der Waals surface area contributed by atoms with Gasteiger partial charge in [-0.15, -0.1) is 11.3 Å². The highest BCUT2D eigenvalue weighted by molar-refractivity contribution is 7.12. The Morgan fingerprint density at radius 1 is 1.26 bits per heavy atom. The van der Waals surface area contributed by atoms with Gasteiger partial charge in [0, 0.05) is 23.2 Å². The van der Waals surface area contributed by atoms with E-state index in [4.69, 9.17) is 4.74 Å². The summed E-state index contributed by atoms with van der Waals surface area (Å²) >= 11 is 1.60. The van der Waals surface area contributed by atoms with Crippen LogP contribution in [0.2, 0.25) is 0 Å². The van der Waals surface area contributed by atoms with Gasteiger partial charge in [-0.2, -0.15) is 0 Å². The number of anilines is 1. The standard InChI is InChI=1S/C24H27N5O5S/c1-13-14(2)35-18-11-28(8-9-34-20(13)18)19(30)12-29-21(31)24(27-23(29)33)7-6-15-10-16(4-5-17(15)24)26-22(32)25-3/h4-5,10H,6-9,11-12H2,1-3H3,(H,27,33)(H2,25,26,32)/t24-/m0/s1. The van der Waals surface area contributed by atoms with Gasteiger partial charge < -0.3 is 25.6 Å². The molecular formula is C24H27N5O5S. The summed E-state index contributed by atoms with van der Waals surface area (Å²) in [6.07, 6.45) is 0.964. The van der Waals surface area contributed by atoms with Crippen molar-refractivity contribution < 1.29 is 23.9 Å². The fourth-order valence-electron chi connectivity index (χ4n) is 4.99. The number of carbonyl (C=O) groups is 4. The second-order valence-electron chi connectivity index (χ2n) is 9.00. The molecule has 1 aromatic heterocycles. The largest absolute Gasteiger partial charge is 0.490 e. The number of amides is 6. The lowest BCUT2D eigenvalue weighted by Gasteiger charge is -2.24. The summed E-state index contributed by atoms with van der Waals surface area (Å²) < 4.78 is 5.88. The minimum atomic E-state index is -1.19. The van der Waals surface area contributed by atoms with Crippen LogP contribution < -0.4 is 20.7 Å². The van der Waals surface area contributed by atoms with Gasteiger partial charge in [-0.1, -0.05) is 6.07 Å². The molecule has 1 aliphatic carbocycles. The van der Waals surface area contributed by atoms with E-state index in [1.54, 1.807) is 28.4 Å². The van der Waals surface area contributed by atoms with E-state index in [1.165, 1.54) is 7.05 Å². The number of hydrogen-bond acceptors (Lipinski definition) is 6. The normalized spacial score (nSPS) is 20.8. The molecule has 1 spiro atoms. The molecule has 1 fully saturated rings. The summed E-state index contributed by atoms with van der Waals surface area (Å²) in [6, 6.07) is 4.36. The van der Waals surface area contributed by atoms with Crippen LogP contribution >= 0.6 is 11.3 Å². The van der Waals surface area contributed by atoms with Gasteiger partial charge in [0.15, 0.2) is 0 Å². The van der Waals surface area contributed by atoms with E-state index in [9.17, 15) is 19.2 Å². The van der Waals surface area contributed by atoms with Crippen LogP contribution in [-0.4, -0.2) is 60.4 Å². The fraction of sp³-hybridized carbons (Fsp3) is 0.417. The maximum atomic E-state index is 13.5. The first-order chi connectivity index (χ1) is 16.7. The number of fused-ring (bicyclic) bond motifs is 3. The van der Waals surface area contributed by atoms with Crippen molar-refractivity contribution in [2.24, 2.45) is 0 Å². The molecule has 10 nitrogen and oxygen atoms in total. The van der Waals surface area contributed by atoms with Crippen LogP contribution in [0.5, 0.6) is 5.75 Å². The number of rotatable bonds is 3. The van der Waals surface area contributed by atoms with Crippen molar-refractivity contribution >= 4 is 40.9 Å². The van der Waals surface area contributed by atoms with Gasteiger partial charge in [-0.25, -0.2) is 9.59 Å². The molecule has 0 unspecified atom stereocenters. The molecule has 3 aliphatic rings. The highest BCUT2D eigenvalue weighted by atomic mass is 32.1. The molecule has 0 bridgehead atoms. The number of nitrogens with one attached hydrogen (secondary N) is 3. The van der Waals surface area contributed by atoms with Crippen molar-refractivity contribution in [1.82, 2.24) is 20.4 Å². The van der Waals surface area contributed by atoms with Crippen LogP contribution in [0, 0.1) is 13.8 Å². The van der Waals surface area contributed by atoms with Crippen LogP contribution in [0.1, 0.15) is 32.9 Å². The van der Waals surface area contributed by atoms with E-state index in [1.807, 2.05) is 19.9 Å². The van der Waals surface area contributed by atoms with E-state index in [2.05, 4.69) is 16.0 Å². The van der Waals surface area contributed by atoms with Gasteiger partial charge in [-0.3, -0.25) is 14.5 Å². The number of hydrogen-bond donors (Lipinski definition) is 3. The van der Waals surface area contributed by atoms with Crippen molar-refractivity contribution in [3.63, 3.8) is 0 Å². The molecule has 5 rings (SSSR count). The first-order valence-electron chi connectivity index (χ1n) is 11.5. The van der Waals surface area contributed by atoms with E-state index in [0.717, 1.165) is 31.5 Å². The molecule has 3 heterocycles. The van der Waals surface area contributed by atoms with Crippen LogP contribution in [0.3, 0.4) is 0 Å². The number of nitrogens with zero attached hydrogens (tertiary/aromatic N) is 2. The van der Waals surface area contributed by atoms with E-state index in [0.29, 0.717) is 43.8 Å². The van der Waals surface area contributed by atoms with Crippen LogP contribution in [0.4, 0.5) is 15.3 Å². The zero-order chi connectivity index (χ0) is 24.9. The maximum Gasteiger partial charge on any atom is 0.325 e. The maximum absolute atomic E-state index is 13.5.